The zero-order chi connectivity index (χ0) is 18.7. The minimum Gasteiger partial charge on any atom is -0.325 e. The Labute approximate surface area is 155 Å². The van der Waals surface area contributed by atoms with Gasteiger partial charge in [-0.1, -0.05) is 43.8 Å². The van der Waals surface area contributed by atoms with Crippen LogP contribution < -0.4 is 16.2 Å². The van der Waals surface area contributed by atoms with Crippen molar-refractivity contribution < 1.29 is 9.59 Å². The molecule has 2 heterocycles. The van der Waals surface area contributed by atoms with Crippen molar-refractivity contribution in [3.05, 3.63) is 45.7 Å². The minimum atomic E-state index is -0.874. The molecule has 26 heavy (non-hydrogen) atoms. The fourth-order valence-corrected chi connectivity index (χ4v) is 3.54. The van der Waals surface area contributed by atoms with Crippen molar-refractivity contribution in [3.8, 4) is 0 Å². The number of carbonyl (C=O) groups is 2. The van der Waals surface area contributed by atoms with Crippen molar-refractivity contribution in [2.24, 2.45) is 0 Å². The second-order valence-electron chi connectivity index (χ2n) is 5.87. The van der Waals surface area contributed by atoms with E-state index in [1.165, 1.54) is 11.8 Å². The van der Waals surface area contributed by atoms with Gasteiger partial charge in [-0.2, -0.15) is 0 Å². The molecule has 1 unspecified atom stereocenters. The molecule has 2 aromatic rings. The van der Waals surface area contributed by atoms with Crippen molar-refractivity contribution in [2.75, 3.05) is 16.4 Å². The van der Waals surface area contributed by atoms with E-state index in [9.17, 15) is 14.4 Å². The van der Waals surface area contributed by atoms with E-state index in [1.54, 1.807) is 0 Å². The topological polar surface area (TPSA) is 104 Å². The highest BCUT2D eigenvalue weighted by molar-refractivity contribution is 7.99. The number of anilines is 2. The van der Waals surface area contributed by atoms with Gasteiger partial charge in [0.1, 0.15) is 5.82 Å². The molecular weight excluding hydrogens is 352 g/mol. The molecule has 1 aliphatic heterocycles. The second-order valence-corrected chi connectivity index (χ2v) is 7.12. The van der Waals surface area contributed by atoms with Crippen LogP contribution in [0.5, 0.6) is 0 Å². The lowest BCUT2D eigenvalue weighted by molar-refractivity contribution is -0.123. The van der Waals surface area contributed by atoms with Gasteiger partial charge in [0.2, 0.25) is 11.8 Å². The standard InChI is InChI=1S/C18H20N4O3S/c1-3-10-7-5-6-8-12(10)19-16(24)11-9-13(23)20-15-14(11)17(25)22-18(21-15)26-4-2/h5-8,11H,3-4,9H2,1-2H3,(H,19,24)(H2,20,21,22,23,25). The molecule has 3 N–H and O–H groups in total. The summed E-state index contributed by atoms with van der Waals surface area (Å²) in [7, 11) is 0. The Morgan fingerprint density at radius 3 is 2.81 bits per heavy atom. The van der Waals surface area contributed by atoms with Crippen LogP contribution in [0.3, 0.4) is 0 Å². The van der Waals surface area contributed by atoms with Crippen LogP contribution in [0.2, 0.25) is 0 Å². The largest absolute Gasteiger partial charge is 0.325 e. The average molecular weight is 372 g/mol. The number of hydrogen-bond donors (Lipinski definition) is 3. The van der Waals surface area contributed by atoms with Crippen molar-refractivity contribution >= 4 is 35.1 Å². The summed E-state index contributed by atoms with van der Waals surface area (Å²) in [5.41, 5.74) is 1.49. The summed E-state index contributed by atoms with van der Waals surface area (Å²) < 4.78 is 0. The molecule has 1 aromatic carbocycles. The van der Waals surface area contributed by atoms with E-state index >= 15 is 0 Å². The molecule has 1 atom stereocenters. The van der Waals surface area contributed by atoms with Gasteiger partial charge in [-0.25, -0.2) is 4.98 Å². The van der Waals surface area contributed by atoms with Gasteiger partial charge >= 0.3 is 0 Å². The average Bonchev–Trinajstić information content (AvgIpc) is 2.61. The van der Waals surface area contributed by atoms with Gasteiger partial charge in [0.15, 0.2) is 5.16 Å². The predicted molar refractivity (Wildman–Crippen MR) is 102 cm³/mol. The number of rotatable bonds is 5. The number of carbonyl (C=O) groups excluding carboxylic acids is 2. The number of benzene rings is 1. The molecule has 0 fully saturated rings. The van der Waals surface area contributed by atoms with Crippen LogP contribution >= 0.6 is 11.8 Å². The van der Waals surface area contributed by atoms with Gasteiger partial charge < -0.3 is 15.6 Å². The SMILES string of the molecule is CCSc1nc2c(c(=O)[nH]1)C(C(=O)Nc1ccccc1CC)CC(=O)N2. The van der Waals surface area contributed by atoms with E-state index in [2.05, 4.69) is 20.6 Å². The van der Waals surface area contributed by atoms with Crippen molar-refractivity contribution in [1.82, 2.24) is 9.97 Å². The number of para-hydroxylation sites is 1. The molecule has 8 heteroatoms. The normalized spacial score (nSPS) is 15.9. The maximum atomic E-state index is 12.8. The van der Waals surface area contributed by atoms with E-state index in [-0.39, 0.29) is 29.6 Å². The first kappa shape index (κ1) is 18.2. The Kier molecular flexibility index (Phi) is 5.41. The summed E-state index contributed by atoms with van der Waals surface area (Å²) >= 11 is 1.36. The molecule has 7 nitrogen and oxygen atoms in total. The van der Waals surface area contributed by atoms with Gasteiger partial charge in [0.25, 0.3) is 5.56 Å². The molecule has 0 saturated carbocycles. The van der Waals surface area contributed by atoms with Gasteiger partial charge in [-0.05, 0) is 23.8 Å². The van der Waals surface area contributed by atoms with E-state index in [4.69, 9.17) is 0 Å². The molecule has 1 aliphatic rings. The molecule has 0 aliphatic carbocycles. The molecule has 136 valence electrons. The number of nitrogens with zero attached hydrogens (tertiary/aromatic N) is 1. The third kappa shape index (κ3) is 3.65. The second kappa shape index (κ2) is 7.74. The quantitative estimate of drug-likeness (QED) is 0.553. The van der Waals surface area contributed by atoms with Crippen LogP contribution in [-0.2, 0) is 16.0 Å². The summed E-state index contributed by atoms with van der Waals surface area (Å²) in [5, 5.41) is 5.89. The Morgan fingerprint density at radius 1 is 1.31 bits per heavy atom. The fourth-order valence-electron chi connectivity index (χ4n) is 2.95. The van der Waals surface area contributed by atoms with Gasteiger partial charge in [-0.15, -0.1) is 0 Å². The van der Waals surface area contributed by atoms with Crippen molar-refractivity contribution in [3.63, 3.8) is 0 Å². The molecule has 3 rings (SSSR count). The van der Waals surface area contributed by atoms with E-state index in [0.29, 0.717) is 10.8 Å². The van der Waals surface area contributed by atoms with Gasteiger partial charge in [0, 0.05) is 12.1 Å². The monoisotopic (exact) mass is 372 g/mol. The Balaban J connectivity index is 1.95. The molecular formula is C18H20N4O3S. The summed E-state index contributed by atoms with van der Waals surface area (Å²) in [6.07, 6.45) is 0.677. The number of H-pyrrole nitrogens is 1. The molecule has 0 bridgehead atoms. The maximum Gasteiger partial charge on any atom is 0.257 e. The molecule has 0 spiro atoms. The van der Waals surface area contributed by atoms with Crippen LogP contribution in [-0.4, -0.2) is 27.5 Å². The number of aromatic amines is 1. The van der Waals surface area contributed by atoms with Crippen LogP contribution in [0.4, 0.5) is 11.5 Å². The fraction of sp³-hybridized carbons (Fsp3) is 0.333. The number of thioether (sulfide) groups is 1. The van der Waals surface area contributed by atoms with Crippen LogP contribution in [0.25, 0.3) is 0 Å². The van der Waals surface area contributed by atoms with Crippen molar-refractivity contribution in [1.29, 1.82) is 0 Å². The summed E-state index contributed by atoms with van der Waals surface area (Å²) in [6, 6.07) is 7.47. The smallest absolute Gasteiger partial charge is 0.257 e. The Bertz CT molecular complexity index is 910. The van der Waals surface area contributed by atoms with E-state index < -0.39 is 11.5 Å². The number of hydrogen-bond acceptors (Lipinski definition) is 5. The molecule has 2 amide bonds. The van der Waals surface area contributed by atoms with Gasteiger partial charge in [-0.3, -0.25) is 14.4 Å². The highest BCUT2D eigenvalue weighted by Crippen LogP contribution is 2.30. The van der Waals surface area contributed by atoms with Crippen LogP contribution in [0.1, 0.15) is 37.3 Å². The number of amides is 2. The van der Waals surface area contributed by atoms with Crippen LogP contribution in [0, 0.1) is 0 Å². The lowest BCUT2D eigenvalue weighted by atomic mass is 9.92. The first-order valence-electron chi connectivity index (χ1n) is 8.49. The highest BCUT2D eigenvalue weighted by Gasteiger charge is 2.34. The minimum absolute atomic E-state index is 0.0852. The summed E-state index contributed by atoms with van der Waals surface area (Å²) in [4.78, 5) is 44.4. The Hall–Kier alpha value is -2.61. The van der Waals surface area contributed by atoms with Crippen LogP contribution in [0.15, 0.2) is 34.2 Å². The van der Waals surface area contributed by atoms with E-state index in [1.807, 2.05) is 38.1 Å². The maximum absolute atomic E-state index is 12.8. The lowest BCUT2D eigenvalue weighted by Crippen LogP contribution is -2.36. The number of aryl methyl sites for hydroxylation is 1. The first-order valence-corrected chi connectivity index (χ1v) is 9.47. The number of fused-ring (bicyclic) bond motifs is 1. The third-order valence-corrected chi connectivity index (χ3v) is 4.94. The third-order valence-electron chi connectivity index (χ3n) is 4.18. The first-order chi connectivity index (χ1) is 12.5. The summed E-state index contributed by atoms with van der Waals surface area (Å²) in [6.45, 7) is 3.93. The summed E-state index contributed by atoms with van der Waals surface area (Å²) in [5.74, 6) is -0.685. The van der Waals surface area contributed by atoms with Gasteiger partial charge in [0.05, 0.1) is 11.5 Å². The number of nitrogens with one attached hydrogen (secondary N) is 3. The number of aromatic nitrogens is 2. The molecule has 0 saturated heterocycles. The zero-order valence-corrected chi connectivity index (χ0v) is 15.4. The lowest BCUT2D eigenvalue weighted by Gasteiger charge is -2.24. The molecule has 0 radical (unpaired) electrons. The highest BCUT2D eigenvalue weighted by atomic mass is 32.2. The molecule has 1 aromatic heterocycles. The predicted octanol–water partition coefficient (Wildman–Crippen LogP) is 2.51. The van der Waals surface area contributed by atoms with Crippen molar-refractivity contribution in [2.45, 2.75) is 37.8 Å². The Morgan fingerprint density at radius 2 is 2.08 bits per heavy atom. The zero-order valence-electron chi connectivity index (χ0n) is 14.6. The van der Waals surface area contributed by atoms with E-state index in [0.717, 1.165) is 17.7 Å².